The van der Waals surface area contributed by atoms with E-state index in [1.54, 1.807) is 0 Å². The van der Waals surface area contributed by atoms with Crippen LogP contribution in [0.4, 0.5) is 0 Å². The van der Waals surface area contributed by atoms with Gasteiger partial charge in [-0.05, 0) is 16.2 Å². The summed E-state index contributed by atoms with van der Waals surface area (Å²) in [7, 11) is 0. The second kappa shape index (κ2) is 4.97. The molecule has 2 rings (SSSR count). The van der Waals surface area contributed by atoms with Gasteiger partial charge in [-0.1, -0.05) is 76.2 Å². The first-order valence-corrected chi connectivity index (χ1v) is 5.40. The smallest absolute Gasteiger partial charge is 0.0184 e. The zero-order chi connectivity index (χ0) is 11.3. The highest BCUT2D eigenvalue weighted by Crippen LogP contribution is 2.11. The van der Waals surface area contributed by atoms with E-state index in [4.69, 9.17) is 0 Å². The SMILES string of the molecule is CC(C)(C)C.c1ccc2ccccc2c1. The van der Waals surface area contributed by atoms with Crippen molar-refractivity contribution in [3.8, 4) is 0 Å². The van der Waals surface area contributed by atoms with Gasteiger partial charge in [-0.15, -0.1) is 0 Å². The van der Waals surface area contributed by atoms with Crippen LogP contribution in [0.3, 0.4) is 0 Å². The summed E-state index contributed by atoms with van der Waals surface area (Å²) in [6.45, 7) is 8.75. The van der Waals surface area contributed by atoms with Gasteiger partial charge >= 0.3 is 0 Å². The maximum Gasteiger partial charge on any atom is -0.0184 e. The van der Waals surface area contributed by atoms with Gasteiger partial charge in [0.1, 0.15) is 0 Å². The van der Waals surface area contributed by atoms with E-state index in [0.717, 1.165) is 0 Å². The standard InChI is InChI=1S/C10H8.C5H12/c1-2-6-10-8-4-3-7-9(10)5-1;1-5(2,3)4/h1-8H;1-4H3. The Hall–Kier alpha value is -1.30. The third kappa shape index (κ3) is 5.21. The van der Waals surface area contributed by atoms with Crippen molar-refractivity contribution in [3.63, 3.8) is 0 Å². The van der Waals surface area contributed by atoms with Crippen molar-refractivity contribution in [3.05, 3.63) is 48.5 Å². The molecule has 0 N–H and O–H groups in total. The lowest BCUT2D eigenvalue weighted by atomic mass is 10.0. The van der Waals surface area contributed by atoms with Gasteiger partial charge in [0.15, 0.2) is 0 Å². The highest BCUT2D eigenvalue weighted by atomic mass is 14.0. The number of hydrogen-bond donors (Lipinski definition) is 0. The van der Waals surface area contributed by atoms with E-state index in [0.29, 0.717) is 5.41 Å². The summed E-state index contributed by atoms with van der Waals surface area (Å²) in [4.78, 5) is 0. The van der Waals surface area contributed by atoms with Crippen LogP contribution in [0, 0.1) is 5.41 Å². The molecule has 0 saturated carbocycles. The average Bonchev–Trinajstić information content (AvgIpc) is 2.16. The molecule has 0 heterocycles. The van der Waals surface area contributed by atoms with Crippen molar-refractivity contribution in [1.82, 2.24) is 0 Å². The van der Waals surface area contributed by atoms with Crippen LogP contribution < -0.4 is 0 Å². The van der Waals surface area contributed by atoms with Gasteiger partial charge in [0.25, 0.3) is 0 Å². The Morgan fingerprint density at radius 1 is 0.600 bits per heavy atom. The van der Waals surface area contributed by atoms with E-state index >= 15 is 0 Å². The maximum absolute atomic E-state index is 2.19. The van der Waals surface area contributed by atoms with E-state index < -0.39 is 0 Å². The number of benzene rings is 2. The molecule has 0 aromatic heterocycles. The zero-order valence-corrected chi connectivity index (χ0v) is 10.1. The number of rotatable bonds is 0. The fraction of sp³-hybridized carbons (Fsp3) is 0.333. The van der Waals surface area contributed by atoms with Crippen LogP contribution in [0.15, 0.2) is 48.5 Å². The lowest BCUT2D eigenvalue weighted by molar-refractivity contribution is 0.469. The lowest BCUT2D eigenvalue weighted by Crippen LogP contribution is -1.93. The fourth-order valence-electron chi connectivity index (χ4n) is 1.13. The first-order chi connectivity index (χ1) is 6.97. The Kier molecular flexibility index (Phi) is 3.90. The lowest BCUT2D eigenvalue weighted by Gasteiger charge is -2.05. The summed E-state index contributed by atoms with van der Waals surface area (Å²) < 4.78 is 0. The largest absolute Gasteiger partial charge is 0.0616 e. The van der Waals surface area contributed by atoms with Gasteiger partial charge in [-0.25, -0.2) is 0 Å². The van der Waals surface area contributed by atoms with E-state index in [2.05, 4.69) is 76.2 Å². The zero-order valence-electron chi connectivity index (χ0n) is 10.1. The van der Waals surface area contributed by atoms with Crippen molar-refractivity contribution in [2.75, 3.05) is 0 Å². The average molecular weight is 200 g/mol. The Bertz CT molecular complexity index is 336. The molecule has 0 aliphatic heterocycles. The molecule has 15 heavy (non-hydrogen) atoms. The summed E-state index contributed by atoms with van der Waals surface area (Å²) in [5.41, 5.74) is 0.500. The predicted octanol–water partition coefficient (Wildman–Crippen LogP) is 4.89. The molecule has 0 nitrogen and oxygen atoms in total. The Balaban J connectivity index is 0.000000195. The second-order valence-electron chi connectivity index (χ2n) is 5.35. The normalized spacial score (nSPS) is 10.7. The molecule has 0 heteroatoms. The number of fused-ring (bicyclic) bond motifs is 1. The molecule has 0 aliphatic rings. The van der Waals surface area contributed by atoms with E-state index in [1.807, 2.05) is 0 Å². The van der Waals surface area contributed by atoms with Crippen molar-refractivity contribution < 1.29 is 0 Å². The van der Waals surface area contributed by atoms with Crippen LogP contribution in [-0.2, 0) is 0 Å². The number of hydrogen-bond acceptors (Lipinski definition) is 0. The summed E-state index contributed by atoms with van der Waals surface area (Å²) in [5.74, 6) is 0. The minimum absolute atomic E-state index is 0.500. The predicted molar refractivity (Wildman–Crippen MR) is 69.1 cm³/mol. The monoisotopic (exact) mass is 200 g/mol. The van der Waals surface area contributed by atoms with Crippen LogP contribution >= 0.6 is 0 Å². The van der Waals surface area contributed by atoms with Crippen molar-refractivity contribution in [1.29, 1.82) is 0 Å². The van der Waals surface area contributed by atoms with Crippen molar-refractivity contribution in [2.24, 2.45) is 5.41 Å². The molecular formula is C15H20. The topological polar surface area (TPSA) is 0 Å². The third-order valence-corrected chi connectivity index (χ3v) is 1.66. The van der Waals surface area contributed by atoms with Crippen LogP contribution in [-0.4, -0.2) is 0 Å². The van der Waals surface area contributed by atoms with Gasteiger partial charge < -0.3 is 0 Å². The second-order valence-corrected chi connectivity index (χ2v) is 5.35. The Morgan fingerprint density at radius 3 is 1.00 bits per heavy atom. The third-order valence-electron chi connectivity index (χ3n) is 1.66. The molecule has 0 aliphatic carbocycles. The molecule has 0 unspecified atom stereocenters. The van der Waals surface area contributed by atoms with E-state index in [-0.39, 0.29) is 0 Å². The van der Waals surface area contributed by atoms with Crippen molar-refractivity contribution >= 4 is 10.8 Å². The first-order valence-electron chi connectivity index (χ1n) is 5.40. The molecule has 80 valence electrons. The van der Waals surface area contributed by atoms with Gasteiger partial charge in [0.2, 0.25) is 0 Å². The van der Waals surface area contributed by atoms with E-state index in [9.17, 15) is 0 Å². The molecule has 0 saturated heterocycles. The maximum atomic E-state index is 2.19. The minimum atomic E-state index is 0.500. The summed E-state index contributed by atoms with van der Waals surface area (Å²) in [6.07, 6.45) is 0. The molecule has 0 radical (unpaired) electrons. The van der Waals surface area contributed by atoms with Crippen LogP contribution in [0.5, 0.6) is 0 Å². The van der Waals surface area contributed by atoms with Crippen LogP contribution in [0.25, 0.3) is 10.8 Å². The molecule has 0 atom stereocenters. The molecule has 2 aromatic rings. The highest BCUT2D eigenvalue weighted by Gasteiger charge is 1.95. The van der Waals surface area contributed by atoms with Crippen LogP contribution in [0.1, 0.15) is 27.7 Å². The molecule has 0 spiro atoms. The van der Waals surface area contributed by atoms with Crippen molar-refractivity contribution in [2.45, 2.75) is 27.7 Å². The van der Waals surface area contributed by atoms with Gasteiger partial charge in [0.05, 0.1) is 0 Å². The molecule has 2 aromatic carbocycles. The Labute approximate surface area is 92.9 Å². The highest BCUT2D eigenvalue weighted by molar-refractivity contribution is 5.81. The first kappa shape index (κ1) is 11.8. The molecule has 0 bridgehead atoms. The summed E-state index contributed by atoms with van der Waals surface area (Å²) in [5, 5.41) is 2.62. The fourth-order valence-corrected chi connectivity index (χ4v) is 1.13. The summed E-state index contributed by atoms with van der Waals surface area (Å²) in [6, 6.07) is 16.7. The quantitative estimate of drug-likeness (QED) is 0.568. The van der Waals surface area contributed by atoms with Gasteiger partial charge in [-0.2, -0.15) is 0 Å². The van der Waals surface area contributed by atoms with Gasteiger partial charge in [0, 0.05) is 0 Å². The minimum Gasteiger partial charge on any atom is -0.0616 e. The Morgan fingerprint density at radius 2 is 0.800 bits per heavy atom. The molecule has 0 fully saturated rings. The molecular weight excluding hydrogens is 180 g/mol. The van der Waals surface area contributed by atoms with Gasteiger partial charge in [-0.3, -0.25) is 0 Å². The molecule has 0 amide bonds. The van der Waals surface area contributed by atoms with E-state index in [1.165, 1.54) is 10.8 Å². The summed E-state index contributed by atoms with van der Waals surface area (Å²) >= 11 is 0. The van der Waals surface area contributed by atoms with Crippen LogP contribution in [0.2, 0.25) is 0 Å².